The van der Waals surface area contributed by atoms with Gasteiger partial charge in [-0.25, -0.2) is 12.7 Å². The molecule has 3 amide bonds. The lowest BCUT2D eigenvalue weighted by Gasteiger charge is -2.32. The fourth-order valence-corrected chi connectivity index (χ4v) is 6.60. The first-order valence-electron chi connectivity index (χ1n) is 13.6. The van der Waals surface area contributed by atoms with Crippen LogP contribution in [0.1, 0.15) is 48.2 Å². The van der Waals surface area contributed by atoms with E-state index in [-0.39, 0.29) is 54.1 Å². The van der Waals surface area contributed by atoms with Crippen LogP contribution in [0.15, 0.2) is 88.2 Å². The van der Waals surface area contributed by atoms with E-state index >= 15 is 0 Å². The zero-order chi connectivity index (χ0) is 29.6. The molecule has 0 radical (unpaired) electrons. The largest absolute Gasteiger partial charge is 0.354 e. The van der Waals surface area contributed by atoms with Crippen LogP contribution in [0.5, 0.6) is 0 Å². The third-order valence-corrected chi connectivity index (χ3v) is 9.25. The molecule has 0 aromatic heterocycles. The Morgan fingerprint density at radius 2 is 1.59 bits per heavy atom. The van der Waals surface area contributed by atoms with Crippen LogP contribution in [0.4, 0.5) is 0 Å². The summed E-state index contributed by atoms with van der Waals surface area (Å²) in [7, 11) is -3.96. The van der Waals surface area contributed by atoms with Gasteiger partial charge in [-0.1, -0.05) is 84.4 Å². The second-order valence-electron chi connectivity index (χ2n) is 10.5. The summed E-state index contributed by atoms with van der Waals surface area (Å²) < 4.78 is 27.6. The first-order chi connectivity index (χ1) is 19.6. The number of carbonyl (C=O) groups is 3. The molecule has 1 aliphatic rings. The van der Waals surface area contributed by atoms with Gasteiger partial charge < -0.3 is 10.2 Å². The molecule has 0 unspecified atom stereocenters. The molecule has 1 heterocycles. The second kappa shape index (κ2) is 13.4. The SMILES string of the molecule is CC(C)CNC(=O)[C@H](Cc1ccccc1)N(Cc1ccc(Br)cc1)C(=O)CCCN1C(=O)c2ccccc2S1(=O)=O. The van der Waals surface area contributed by atoms with Crippen LogP contribution in [0.2, 0.25) is 0 Å². The molecule has 1 atom stereocenters. The molecular weight excluding hydrogens is 606 g/mol. The molecule has 10 heteroatoms. The van der Waals surface area contributed by atoms with Gasteiger partial charge in [-0.15, -0.1) is 0 Å². The highest BCUT2D eigenvalue weighted by Gasteiger charge is 2.40. The van der Waals surface area contributed by atoms with E-state index in [9.17, 15) is 22.8 Å². The van der Waals surface area contributed by atoms with Crippen LogP contribution in [0.25, 0.3) is 0 Å². The van der Waals surface area contributed by atoms with Gasteiger partial charge in [-0.2, -0.15) is 0 Å². The Hall–Kier alpha value is -3.50. The van der Waals surface area contributed by atoms with Crippen molar-refractivity contribution in [3.8, 4) is 0 Å². The summed E-state index contributed by atoms with van der Waals surface area (Å²) in [5, 5.41) is 2.99. The van der Waals surface area contributed by atoms with Gasteiger partial charge in [-0.05, 0) is 47.7 Å². The Morgan fingerprint density at radius 1 is 0.927 bits per heavy atom. The van der Waals surface area contributed by atoms with E-state index in [1.54, 1.807) is 17.0 Å². The number of hydrogen-bond acceptors (Lipinski definition) is 5. The Morgan fingerprint density at radius 3 is 2.24 bits per heavy atom. The molecule has 41 heavy (non-hydrogen) atoms. The average Bonchev–Trinajstić information content (AvgIpc) is 3.15. The van der Waals surface area contributed by atoms with E-state index in [2.05, 4.69) is 21.2 Å². The van der Waals surface area contributed by atoms with Crippen molar-refractivity contribution in [2.45, 2.75) is 50.6 Å². The van der Waals surface area contributed by atoms with E-state index in [4.69, 9.17) is 0 Å². The first-order valence-corrected chi connectivity index (χ1v) is 15.8. The molecule has 3 aromatic rings. The van der Waals surface area contributed by atoms with E-state index in [0.717, 1.165) is 19.9 Å². The third-order valence-electron chi connectivity index (χ3n) is 6.89. The zero-order valence-electron chi connectivity index (χ0n) is 23.1. The third kappa shape index (κ3) is 7.42. The number of rotatable bonds is 12. The van der Waals surface area contributed by atoms with Gasteiger partial charge >= 0.3 is 0 Å². The Bertz CT molecular complexity index is 1490. The Balaban J connectivity index is 1.56. The molecule has 3 aromatic carbocycles. The number of carbonyl (C=O) groups excluding carboxylic acids is 3. The van der Waals surface area contributed by atoms with E-state index in [1.165, 1.54) is 12.1 Å². The summed E-state index contributed by atoms with van der Waals surface area (Å²) in [4.78, 5) is 41.7. The lowest BCUT2D eigenvalue weighted by molar-refractivity contribution is -0.141. The number of fused-ring (bicyclic) bond motifs is 1. The lowest BCUT2D eigenvalue weighted by Crippen LogP contribution is -2.51. The number of hydrogen-bond donors (Lipinski definition) is 1. The summed E-state index contributed by atoms with van der Waals surface area (Å²) in [6.07, 6.45) is 0.413. The summed E-state index contributed by atoms with van der Waals surface area (Å²) in [6.45, 7) is 4.55. The molecule has 0 fully saturated rings. The minimum Gasteiger partial charge on any atom is -0.354 e. The molecule has 0 spiro atoms. The van der Waals surface area contributed by atoms with Gasteiger partial charge in [0.1, 0.15) is 10.9 Å². The minimum atomic E-state index is -3.96. The van der Waals surface area contributed by atoms with Crippen molar-refractivity contribution in [3.05, 3.63) is 100 Å². The fourth-order valence-electron chi connectivity index (χ4n) is 4.73. The number of amides is 3. The lowest BCUT2D eigenvalue weighted by atomic mass is 10.0. The molecular formula is C31H34BrN3O5S. The first kappa shape index (κ1) is 30.5. The van der Waals surface area contributed by atoms with Crippen molar-refractivity contribution >= 4 is 43.7 Å². The highest BCUT2D eigenvalue weighted by Crippen LogP contribution is 2.30. The number of halogens is 1. The Labute approximate surface area is 249 Å². The maximum Gasteiger partial charge on any atom is 0.269 e. The predicted molar refractivity (Wildman–Crippen MR) is 160 cm³/mol. The molecule has 8 nitrogen and oxygen atoms in total. The summed E-state index contributed by atoms with van der Waals surface area (Å²) in [5.74, 6) is -0.901. The average molecular weight is 641 g/mol. The molecule has 0 saturated heterocycles. The van der Waals surface area contributed by atoms with Gasteiger partial charge in [0, 0.05) is 36.9 Å². The van der Waals surface area contributed by atoms with Crippen LogP contribution in [0.3, 0.4) is 0 Å². The maximum absolute atomic E-state index is 13.8. The van der Waals surface area contributed by atoms with Gasteiger partial charge in [0.2, 0.25) is 11.8 Å². The Kier molecular flexibility index (Phi) is 9.99. The summed E-state index contributed by atoms with van der Waals surface area (Å²) >= 11 is 3.44. The van der Waals surface area contributed by atoms with Crippen LogP contribution in [-0.4, -0.2) is 54.5 Å². The molecule has 0 bridgehead atoms. The van der Waals surface area contributed by atoms with Crippen molar-refractivity contribution < 1.29 is 22.8 Å². The van der Waals surface area contributed by atoms with Crippen molar-refractivity contribution in [1.29, 1.82) is 0 Å². The van der Waals surface area contributed by atoms with Crippen molar-refractivity contribution in [2.75, 3.05) is 13.1 Å². The second-order valence-corrected chi connectivity index (χ2v) is 13.2. The van der Waals surface area contributed by atoms with Gasteiger partial charge in [0.15, 0.2) is 0 Å². The molecule has 216 valence electrons. The molecule has 1 N–H and O–H groups in total. The van der Waals surface area contributed by atoms with E-state index < -0.39 is 22.0 Å². The number of sulfonamides is 1. The van der Waals surface area contributed by atoms with Crippen molar-refractivity contribution in [3.63, 3.8) is 0 Å². The smallest absolute Gasteiger partial charge is 0.269 e. The van der Waals surface area contributed by atoms with Gasteiger partial charge in [0.05, 0.1) is 5.56 Å². The molecule has 1 aliphatic heterocycles. The zero-order valence-corrected chi connectivity index (χ0v) is 25.5. The summed E-state index contributed by atoms with van der Waals surface area (Å²) in [5.41, 5.74) is 1.90. The van der Waals surface area contributed by atoms with Gasteiger partial charge in [0.25, 0.3) is 15.9 Å². The standard InChI is InChI=1S/C31H34BrN3O5S/c1-22(2)20-33-30(37)27(19-23-9-4-3-5-10-23)34(21-24-14-16-25(32)17-15-24)29(36)13-8-18-35-31(38)26-11-6-7-12-28(26)41(35,39)40/h3-7,9-12,14-17,22,27H,8,13,18-21H2,1-2H3,(H,33,37)/t27-/m0/s1. The van der Waals surface area contributed by atoms with Crippen molar-refractivity contribution in [2.24, 2.45) is 5.92 Å². The molecule has 0 saturated carbocycles. The quantitative estimate of drug-likeness (QED) is 0.307. The normalized spacial score (nSPS) is 14.5. The van der Waals surface area contributed by atoms with Crippen LogP contribution >= 0.6 is 15.9 Å². The van der Waals surface area contributed by atoms with Crippen LogP contribution in [0, 0.1) is 5.92 Å². The van der Waals surface area contributed by atoms with E-state index in [1.807, 2.05) is 68.4 Å². The van der Waals surface area contributed by atoms with Crippen LogP contribution < -0.4 is 5.32 Å². The maximum atomic E-state index is 13.8. The number of nitrogens with zero attached hydrogens (tertiary/aromatic N) is 2. The monoisotopic (exact) mass is 639 g/mol. The highest BCUT2D eigenvalue weighted by atomic mass is 79.9. The van der Waals surface area contributed by atoms with E-state index in [0.29, 0.717) is 13.0 Å². The molecule has 4 rings (SSSR count). The highest BCUT2D eigenvalue weighted by molar-refractivity contribution is 9.10. The van der Waals surface area contributed by atoms with Crippen LogP contribution in [-0.2, 0) is 32.6 Å². The number of benzene rings is 3. The topological polar surface area (TPSA) is 104 Å². The van der Waals surface area contributed by atoms with Gasteiger partial charge in [-0.3, -0.25) is 14.4 Å². The predicted octanol–water partition coefficient (Wildman–Crippen LogP) is 4.79. The molecule has 0 aliphatic carbocycles. The summed E-state index contributed by atoms with van der Waals surface area (Å²) in [6, 6.07) is 22.4. The number of nitrogens with one attached hydrogen (secondary N) is 1. The van der Waals surface area contributed by atoms with Crippen molar-refractivity contribution in [1.82, 2.24) is 14.5 Å². The fraction of sp³-hybridized carbons (Fsp3) is 0.323. The minimum absolute atomic E-state index is 0.0158.